The monoisotopic (exact) mass is 429 g/mol. The van der Waals surface area contributed by atoms with E-state index in [-0.39, 0.29) is 5.91 Å². The van der Waals surface area contributed by atoms with Crippen LogP contribution in [0.3, 0.4) is 0 Å². The van der Waals surface area contributed by atoms with Gasteiger partial charge in [-0.05, 0) is 72.4 Å². The van der Waals surface area contributed by atoms with Gasteiger partial charge in [-0.25, -0.2) is 0 Å². The van der Waals surface area contributed by atoms with Crippen LogP contribution >= 0.6 is 12.6 Å². The van der Waals surface area contributed by atoms with E-state index < -0.39 is 11.2 Å². The lowest BCUT2D eigenvalue weighted by atomic mass is 9.91. The van der Waals surface area contributed by atoms with Gasteiger partial charge >= 0.3 is 0 Å². The van der Waals surface area contributed by atoms with Gasteiger partial charge in [0.25, 0.3) is 5.79 Å². The number of ether oxygens (including phenoxy) is 2. The van der Waals surface area contributed by atoms with Crippen LogP contribution in [0.25, 0.3) is 11.1 Å². The largest absolute Gasteiger partial charge is 0.448 e. The van der Waals surface area contributed by atoms with Gasteiger partial charge in [-0.2, -0.15) is 0 Å². The lowest BCUT2D eigenvalue weighted by Crippen LogP contribution is -2.45. The van der Waals surface area contributed by atoms with Gasteiger partial charge in [0.15, 0.2) is 11.5 Å². The molecular weight excluding hydrogens is 406 g/mol. The fourth-order valence-electron chi connectivity index (χ4n) is 4.51. The zero-order valence-corrected chi connectivity index (χ0v) is 18.0. The molecule has 6 rings (SSSR count). The average Bonchev–Trinajstić information content (AvgIpc) is 3.47. The highest BCUT2D eigenvalue weighted by atomic mass is 32.1. The molecular formula is C26H23NO3S. The van der Waals surface area contributed by atoms with Gasteiger partial charge in [-0.15, -0.1) is 12.6 Å². The van der Waals surface area contributed by atoms with E-state index in [1.165, 1.54) is 0 Å². The first-order valence-corrected chi connectivity index (χ1v) is 11.2. The number of amides is 1. The topological polar surface area (TPSA) is 47.6 Å². The quantitative estimate of drug-likeness (QED) is 0.503. The number of fused-ring (bicyclic) bond motifs is 1. The Morgan fingerprint density at radius 1 is 0.839 bits per heavy atom. The molecule has 156 valence electrons. The van der Waals surface area contributed by atoms with Gasteiger partial charge in [0.1, 0.15) is 0 Å². The highest BCUT2D eigenvalue weighted by Crippen LogP contribution is 2.54. The van der Waals surface area contributed by atoms with Crippen molar-refractivity contribution in [2.24, 2.45) is 0 Å². The Kier molecular flexibility index (Phi) is 4.12. The molecule has 4 nitrogen and oxygen atoms in total. The summed E-state index contributed by atoms with van der Waals surface area (Å²) < 4.78 is 12.1. The van der Waals surface area contributed by atoms with Gasteiger partial charge in [0, 0.05) is 23.4 Å². The summed E-state index contributed by atoms with van der Waals surface area (Å²) in [6.07, 6.45) is 4.66. The van der Waals surface area contributed by atoms with Crippen molar-refractivity contribution in [1.82, 2.24) is 0 Å². The number of rotatable bonds is 4. The van der Waals surface area contributed by atoms with Crippen LogP contribution in [0.4, 0.5) is 5.69 Å². The molecule has 5 heteroatoms. The first-order valence-electron chi connectivity index (χ1n) is 10.8. The van der Waals surface area contributed by atoms with Crippen LogP contribution in [0.1, 0.15) is 37.7 Å². The molecule has 0 bridgehead atoms. The summed E-state index contributed by atoms with van der Waals surface area (Å²) in [6.45, 7) is 0. The normalized spacial score (nSPS) is 19.0. The first-order chi connectivity index (χ1) is 15.1. The van der Waals surface area contributed by atoms with Gasteiger partial charge in [0.2, 0.25) is 5.91 Å². The minimum atomic E-state index is -0.489. The second-order valence-electron chi connectivity index (χ2n) is 8.79. The molecule has 1 heterocycles. The molecule has 1 spiro atoms. The predicted octanol–water partition coefficient (Wildman–Crippen LogP) is 5.96. The van der Waals surface area contributed by atoms with Crippen LogP contribution in [-0.4, -0.2) is 11.7 Å². The molecule has 1 amide bonds. The Bertz CT molecular complexity index is 1180. The van der Waals surface area contributed by atoms with Crippen molar-refractivity contribution in [3.63, 3.8) is 0 Å². The number of nitrogens with one attached hydrogen (secondary N) is 1. The number of carbonyl (C=O) groups excluding carboxylic acids is 1. The summed E-state index contributed by atoms with van der Waals surface area (Å²) in [5.41, 5.74) is 3.47. The van der Waals surface area contributed by atoms with Gasteiger partial charge in [-0.3, -0.25) is 4.79 Å². The summed E-state index contributed by atoms with van der Waals surface area (Å²) >= 11 is 4.35. The lowest BCUT2D eigenvalue weighted by Gasteiger charge is -2.35. The van der Waals surface area contributed by atoms with Gasteiger partial charge < -0.3 is 14.8 Å². The summed E-state index contributed by atoms with van der Waals surface area (Å²) in [4.78, 5) is 14.2. The van der Waals surface area contributed by atoms with E-state index in [2.05, 4.69) is 17.9 Å². The van der Waals surface area contributed by atoms with Crippen molar-refractivity contribution in [1.29, 1.82) is 0 Å². The Balaban J connectivity index is 1.23. The number of anilines is 1. The third-order valence-corrected chi connectivity index (χ3v) is 7.01. The minimum Gasteiger partial charge on any atom is -0.448 e. The maximum Gasteiger partial charge on any atom is 0.251 e. The molecule has 0 saturated heterocycles. The molecule has 31 heavy (non-hydrogen) atoms. The van der Waals surface area contributed by atoms with E-state index in [0.29, 0.717) is 0 Å². The Labute approximate surface area is 187 Å². The lowest BCUT2D eigenvalue weighted by molar-refractivity contribution is -0.138. The van der Waals surface area contributed by atoms with Crippen molar-refractivity contribution < 1.29 is 14.3 Å². The number of hydrogen-bond acceptors (Lipinski definition) is 4. The molecule has 0 radical (unpaired) electrons. The third-order valence-electron chi connectivity index (χ3n) is 6.71. The Morgan fingerprint density at radius 3 is 2.32 bits per heavy atom. The van der Waals surface area contributed by atoms with Crippen molar-refractivity contribution in [2.75, 3.05) is 5.32 Å². The fourth-order valence-corrected chi connectivity index (χ4v) is 4.66. The van der Waals surface area contributed by atoms with Gasteiger partial charge in [0.05, 0.1) is 5.41 Å². The van der Waals surface area contributed by atoms with Crippen molar-refractivity contribution in [2.45, 2.75) is 48.2 Å². The van der Waals surface area contributed by atoms with E-state index in [4.69, 9.17) is 9.47 Å². The van der Waals surface area contributed by atoms with E-state index >= 15 is 0 Å². The highest BCUT2D eigenvalue weighted by Gasteiger charge is 2.53. The number of hydrogen-bond donors (Lipinski definition) is 2. The van der Waals surface area contributed by atoms with Crippen LogP contribution in [0.5, 0.6) is 11.5 Å². The fraction of sp³-hybridized carbons (Fsp3) is 0.269. The third kappa shape index (κ3) is 3.19. The molecule has 3 aromatic carbocycles. The van der Waals surface area contributed by atoms with Crippen LogP contribution in [0.15, 0.2) is 71.6 Å². The first kappa shape index (κ1) is 18.8. The van der Waals surface area contributed by atoms with E-state index in [9.17, 15) is 4.79 Å². The number of benzene rings is 3. The Morgan fingerprint density at radius 2 is 1.61 bits per heavy atom. The molecule has 0 atom stereocenters. The second kappa shape index (κ2) is 6.79. The SMILES string of the molecule is O=C(Nc1cccc(-c2ccc(S)cc2)c1)C1(c2ccc3c(c2)OC2(CCC2)O3)CC1. The number of carbonyl (C=O) groups is 1. The number of thiol groups is 1. The maximum atomic E-state index is 13.3. The smallest absolute Gasteiger partial charge is 0.251 e. The molecule has 0 aromatic heterocycles. The molecule has 2 saturated carbocycles. The maximum absolute atomic E-state index is 13.3. The standard InChI is InChI=1S/C26H23NO3S/c28-24(27-20-4-1-3-18(15-20)17-5-8-21(31)9-6-17)25(13-14-25)19-7-10-22-23(16-19)30-26(29-22)11-2-12-26/h1,3-10,15-16,31H,2,11-14H2,(H,27,28). The molecule has 2 fully saturated rings. The average molecular weight is 430 g/mol. The molecule has 3 aliphatic rings. The molecule has 2 aliphatic carbocycles. The van der Waals surface area contributed by atoms with Crippen molar-refractivity contribution in [3.05, 3.63) is 72.3 Å². The van der Waals surface area contributed by atoms with Crippen LogP contribution in [0, 0.1) is 0 Å². The van der Waals surface area contributed by atoms with Gasteiger partial charge in [-0.1, -0.05) is 30.3 Å². The summed E-state index contributed by atoms with van der Waals surface area (Å²) in [7, 11) is 0. The van der Waals surface area contributed by atoms with Crippen LogP contribution in [0.2, 0.25) is 0 Å². The van der Waals surface area contributed by atoms with Crippen molar-refractivity contribution >= 4 is 24.2 Å². The zero-order valence-electron chi connectivity index (χ0n) is 17.1. The molecule has 1 aliphatic heterocycles. The molecule has 3 aromatic rings. The summed E-state index contributed by atoms with van der Waals surface area (Å²) in [5.74, 6) is 1.14. The highest BCUT2D eigenvalue weighted by molar-refractivity contribution is 7.80. The minimum absolute atomic E-state index is 0.0348. The van der Waals surface area contributed by atoms with Crippen LogP contribution in [-0.2, 0) is 10.2 Å². The zero-order chi connectivity index (χ0) is 21.1. The van der Waals surface area contributed by atoms with Crippen molar-refractivity contribution in [3.8, 4) is 22.6 Å². The second-order valence-corrected chi connectivity index (χ2v) is 9.31. The Hall–Kier alpha value is -2.92. The summed E-state index contributed by atoms with van der Waals surface area (Å²) in [5, 5.41) is 3.14. The van der Waals surface area contributed by atoms with Crippen LogP contribution < -0.4 is 14.8 Å². The summed E-state index contributed by atoms with van der Waals surface area (Å²) in [6, 6.07) is 21.9. The molecule has 1 N–H and O–H groups in total. The molecule has 0 unspecified atom stereocenters. The van der Waals surface area contributed by atoms with E-state index in [1.807, 2.05) is 66.7 Å². The predicted molar refractivity (Wildman–Crippen MR) is 123 cm³/mol. The van der Waals surface area contributed by atoms with E-state index in [1.54, 1.807) is 0 Å². The van der Waals surface area contributed by atoms with E-state index in [0.717, 1.165) is 70.9 Å².